The number of fused-ring (bicyclic) bond motifs is 1. The Kier molecular flexibility index (Phi) is 5.80. The van der Waals surface area contributed by atoms with Crippen LogP contribution in [0.15, 0.2) is 71.9 Å². The molecule has 1 aliphatic heterocycles. The van der Waals surface area contributed by atoms with Crippen molar-refractivity contribution in [1.29, 1.82) is 0 Å². The van der Waals surface area contributed by atoms with Gasteiger partial charge >= 0.3 is 0 Å². The van der Waals surface area contributed by atoms with Crippen LogP contribution in [0, 0.1) is 6.92 Å². The number of benzene rings is 2. The van der Waals surface area contributed by atoms with Gasteiger partial charge in [0.1, 0.15) is 5.82 Å². The summed E-state index contributed by atoms with van der Waals surface area (Å²) in [5.41, 5.74) is 11.1. The third kappa shape index (κ3) is 4.64. The van der Waals surface area contributed by atoms with Crippen LogP contribution in [0.3, 0.4) is 0 Å². The monoisotopic (exact) mass is 411 g/mol. The normalized spacial score (nSPS) is 13.0. The van der Waals surface area contributed by atoms with Crippen LogP contribution in [-0.4, -0.2) is 27.8 Å². The minimum Gasteiger partial charge on any atom is -0.398 e. The highest BCUT2D eigenvalue weighted by Gasteiger charge is 2.13. The lowest BCUT2D eigenvalue weighted by Crippen LogP contribution is -2.26. The molecule has 1 amide bonds. The van der Waals surface area contributed by atoms with E-state index < -0.39 is 0 Å². The maximum Gasteiger partial charge on any atom is 0.253 e. The molecule has 6 heteroatoms. The quantitative estimate of drug-likeness (QED) is 0.633. The Bertz CT molecular complexity index is 1290. The number of carbonyl (C=O) groups is 1. The second-order valence-electron chi connectivity index (χ2n) is 7.59. The van der Waals surface area contributed by atoms with Gasteiger partial charge in [0, 0.05) is 31.0 Å². The number of H-pyrrole nitrogens is 1. The van der Waals surface area contributed by atoms with Crippen molar-refractivity contribution in [3.8, 4) is 0 Å². The number of rotatable bonds is 5. The summed E-state index contributed by atoms with van der Waals surface area (Å²) in [6.07, 6.45) is 8.45. The maximum absolute atomic E-state index is 13.0. The van der Waals surface area contributed by atoms with E-state index in [1.807, 2.05) is 61.5 Å². The topological polar surface area (TPSA) is 87.4 Å². The molecule has 0 radical (unpaired) electrons. The lowest BCUT2D eigenvalue weighted by Gasteiger charge is -2.18. The van der Waals surface area contributed by atoms with E-state index in [0.717, 1.165) is 34.3 Å². The zero-order valence-electron chi connectivity index (χ0n) is 17.7. The standard InChI is InChI=1S/C25H25N5O/c1-17-28-23-19(9-6-14-27-24(23)29-17)10-11-20-15-21(12-13-22(20)26)25(31)30(2)16-18-7-4-3-5-8-18/h3-8,10-15H,9,16,26H2,1-2H3,(H,27,28,29)/b11-10+. The van der Waals surface area contributed by atoms with Gasteiger partial charge in [0.05, 0.1) is 5.35 Å². The highest BCUT2D eigenvalue weighted by Crippen LogP contribution is 2.19. The van der Waals surface area contributed by atoms with Gasteiger partial charge < -0.3 is 15.6 Å². The van der Waals surface area contributed by atoms with Gasteiger partial charge in [-0.1, -0.05) is 48.6 Å². The average molecular weight is 412 g/mol. The molecular weight excluding hydrogens is 386 g/mol. The van der Waals surface area contributed by atoms with E-state index in [0.29, 0.717) is 23.3 Å². The fourth-order valence-corrected chi connectivity index (χ4v) is 3.55. The molecule has 3 N–H and O–H groups in total. The highest BCUT2D eigenvalue weighted by molar-refractivity contribution is 5.95. The predicted molar refractivity (Wildman–Crippen MR) is 123 cm³/mol. The Morgan fingerprint density at radius 3 is 2.81 bits per heavy atom. The Morgan fingerprint density at radius 2 is 2.00 bits per heavy atom. The van der Waals surface area contributed by atoms with Crippen molar-refractivity contribution in [1.82, 2.24) is 14.9 Å². The van der Waals surface area contributed by atoms with E-state index in [2.05, 4.69) is 15.0 Å². The largest absolute Gasteiger partial charge is 0.398 e. The van der Waals surface area contributed by atoms with Crippen LogP contribution in [0.5, 0.6) is 0 Å². The molecule has 0 saturated heterocycles. The van der Waals surface area contributed by atoms with Gasteiger partial charge in [-0.15, -0.1) is 0 Å². The smallest absolute Gasteiger partial charge is 0.253 e. The second-order valence-corrected chi connectivity index (χ2v) is 7.59. The van der Waals surface area contributed by atoms with Gasteiger partial charge in [0.25, 0.3) is 5.91 Å². The maximum atomic E-state index is 13.0. The van der Waals surface area contributed by atoms with Crippen LogP contribution in [0.4, 0.5) is 5.69 Å². The highest BCUT2D eigenvalue weighted by atomic mass is 16.2. The molecule has 0 fully saturated rings. The first-order valence-corrected chi connectivity index (χ1v) is 10.2. The second kappa shape index (κ2) is 8.83. The molecule has 0 bridgehead atoms. The lowest BCUT2D eigenvalue weighted by atomic mass is 10.0. The summed E-state index contributed by atoms with van der Waals surface area (Å²) >= 11 is 0. The van der Waals surface area contributed by atoms with Crippen molar-refractivity contribution in [2.75, 3.05) is 12.8 Å². The number of anilines is 1. The molecule has 2 aromatic carbocycles. The Balaban J connectivity index is 1.60. The number of aromatic nitrogens is 2. The minimum atomic E-state index is -0.0474. The van der Waals surface area contributed by atoms with Crippen LogP contribution in [-0.2, 0) is 6.54 Å². The summed E-state index contributed by atoms with van der Waals surface area (Å²) in [4.78, 5) is 26.7. The number of amides is 1. The molecule has 1 aromatic heterocycles. The number of nitrogens with one attached hydrogen (secondary N) is 1. The van der Waals surface area contributed by atoms with Crippen LogP contribution in [0.25, 0.3) is 11.6 Å². The first-order valence-electron chi connectivity index (χ1n) is 10.2. The van der Waals surface area contributed by atoms with Crippen LogP contribution >= 0.6 is 0 Å². The molecule has 3 aromatic rings. The lowest BCUT2D eigenvalue weighted by molar-refractivity contribution is 0.0785. The van der Waals surface area contributed by atoms with E-state index in [9.17, 15) is 4.79 Å². The van der Waals surface area contributed by atoms with Crippen LogP contribution < -0.4 is 16.6 Å². The molecule has 0 unspecified atom stereocenters. The molecule has 31 heavy (non-hydrogen) atoms. The average Bonchev–Trinajstić information content (AvgIpc) is 3.04. The van der Waals surface area contributed by atoms with Crippen LogP contribution in [0.1, 0.15) is 33.7 Å². The molecule has 4 rings (SSSR count). The van der Waals surface area contributed by atoms with Gasteiger partial charge in [0.2, 0.25) is 0 Å². The molecule has 0 aliphatic carbocycles. The fraction of sp³-hybridized carbons (Fsp3) is 0.160. The van der Waals surface area contributed by atoms with E-state index in [1.165, 1.54) is 0 Å². The van der Waals surface area contributed by atoms with E-state index in [-0.39, 0.29) is 5.91 Å². The summed E-state index contributed by atoms with van der Waals surface area (Å²) in [5.74, 6) is 0.775. The van der Waals surface area contributed by atoms with Gasteiger partial charge in [-0.2, -0.15) is 0 Å². The van der Waals surface area contributed by atoms with Crippen molar-refractivity contribution in [2.24, 2.45) is 4.99 Å². The molecule has 0 saturated carbocycles. The molecule has 6 nitrogen and oxygen atoms in total. The number of nitrogen functional groups attached to an aromatic ring is 1. The van der Waals surface area contributed by atoms with Crippen molar-refractivity contribution in [2.45, 2.75) is 19.9 Å². The van der Waals surface area contributed by atoms with Gasteiger partial charge in [-0.05, 0) is 48.2 Å². The first kappa shape index (κ1) is 20.3. The number of aromatic amines is 1. The van der Waals surface area contributed by atoms with E-state index >= 15 is 0 Å². The van der Waals surface area contributed by atoms with Gasteiger partial charge in [0.15, 0.2) is 5.49 Å². The minimum absolute atomic E-state index is 0.0474. The number of hydrogen-bond donors (Lipinski definition) is 2. The molecule has 1 aliphatic rings. The van der Waals surface area contributed by atoms with Crippen molar-refractivity contribution in [3.63, 3.8) is 0 Å². The summed E-state index contributed by atoms with van der Waals surface area (Å²) < 4.78 is 0. The van der Waals surface area contributed by atoms with Crippen LogP contribution in [0.2, 0.25) is 0 Å². The molecule has 0 spiro atoms. The van der Waals surface area contributed by atoms with E-state index in [4.69, 9.17) is 5.73 Å². The van der Waals surface area contributed by atoms with Crippen molar-refractivity contribution >= 4 is 23.2 Å². The number of nitrogens with two attached hydrogens (primary N) is 1. The summed E-state index contributed by atoms with van der Waals surface area (Å²) in [5, 5.41) is 0.909. The molecule has 156 valence electrons. The third-order valence-corrected chi connectivity index (χ3v) is 5.17. The summed E-state index contributed by atoms with van der Waals surface area (Å²) in [6.45, 7) is 2.46. The number of imidazole rings is 1. The zero-order chi connectivity index (χ0) is 21.8. The number of carbonyl (C=O) groups excluding carboxylic acids is 1. The number of nitrogens with zero attached hydrogens (tertiary/aromatic N) is 3. The van der Waals surface area contributed by atoms with Gasteiger partial charge in [-0.3, -0.25) is 4.79 Å². The van der Waals surface area contributed by atoms with Crippen molar-refractivity contribution in [3.05, 3.63) is 100 Å². The Morgan fingerprint density at radius 1 is 1.19 bits per heavy atom. The molecule has 2 heterocycles. The zero-order valence-corrected chi connectivity index (χ0v) is 17.7. The summed E-state index contributed by atoms with van der Waals surface area (Å²) in [6, 6.07) is 15.3. The van der Waals surface area contributed by atoms with Gasteiger partial charge in [-0.25, -0.2) is 9.98 Å². The molecule has 0 atom stereocenters. The third-order valence-electron chi connectivity index (χ3n) is 5.17. The molecular formula is C25H25N5O. The number of aryl methyl sites for hydroxylation is 1. The number of hydrogen-bond acceptors (Lipinski definition) is 4. The number of allylic oxidation sites excluding steroid dienone is 2. The predicted octanol–water partition coefficient (Wildman–Crippen LogP) is 2.97. The first-order chi connectivity index (χ1) is 15.0. The Labute approximate surface area is 181 Å². The van der Waals surface area contributed by atoms with E-state index in [1.54, 1.807) is 30.3 Å². The Hall–Kier alpha value is -3.93. The summed E-state index contributed by atoms with van der Waals surface area (Å²) in [7, 11) is 1.81. The SMILES string of the molecule is Cc1nc2c([nH]1)=C(/C=C/c1cc(C(=O)N(C)Cc3ccccc3)ccc1N)CC=CN=2. The van der Waals surface area contributed by atoms with Crippen molar-refractivity contribution < 1.29 is 4.79 Å². The fourth-order valence-electron chi connectivity index (χ4n) is 3.55.